The highest BCUT2D eigenvalue weighted by atomic mass is 19.1. The monoisotopic (exact) mass is 281 g/mol. The number of rotatable bonds is 4. The van der Waals surface area contributed by atoms with Crippen LogP contribution in [0.25, 0.3) is 0 Å². The molecule has 1 aromatic heterocycles. The molecular weight excluding hydrogens is 257 g/mol. The zero-order valence-electron chi connectivity index (χ0n) is 12.7. The fourth-order valence-corrected chi connectivity index (χ4v) is 2.83. The Morgan fingerprint density at radius 2 is 2.20 bits per heavy atom. The number of likely N-dealkylation sites (N-methyl/N-ethyl adjacent to an activating group) is 1. The fraction of sp³-hybridized carbons (Fsp3) is 0.667. The normalized spacial score (nSPS) is 23.1. The molecule has 5 heteroatoms. The van der Waals surface area contributed by atoms with Gasteiger partial charge in [-0.15, -0.1) is 0 Å². The van der Waals surface area contributed by atoms with Gasteiger partial charge in [-0.2, -0.15) is 0 Å². The first-order valence-electron chi connectivity index (χ1n) is 7.08. The molecule has 0 aliphatic carbocycles. The minimum atomic E-state index is -0.726. The van der Waals surface area contributed by atoms with Crippen molar-refractivity contribution in [2.24, 2.45) is 0 Å². The summed E-state index contributed by atoms with van der Waals surface area (Å²) in [6.45, 7) is 5.72. The van der Waals surface area contributed by atoms with E-state index in [4.69, 9.17) is 0 Å². The number of halogens is 1. The SMILES string of the molecule is CC(C)c1ncc(N2CC[C@@](O)(CN(C)C)C2)cc1F. The zero-order valence-corrected chi connectivity index (χ0v) is 12.7. The van der Waals surface area contributed by atoms with E-state index in [-0.39, 0.29) is 11.7 Å². The van der Waals surface area contributed by atoms with Gasteiger partial charge in [-0.25, -0.2) is 4.39 Å². The summed E-state index contributed by atoms with van der Waals surface area (Å²) in [5, 5.41) is 10.5. The van der Waals surface area contributed by atoms with Gasteiger partial charge in [0.2, 0.25) is 0 Å². The third-order valence-electron chi connectivity index (χ3n) is 3.71. The van der Waals surface area contributed by atoms with Gasteiger partial charge in [-0.1, -0.05) is 13.8 Å². The van der Waals surface area contributed by atoms with Crippen molar-refractivity contribution >= 4 is 5.69 Å². The summed E-state index contributed by atoms with van der Waals surface area (Å²) in [5.41, 5.74) is 0.523. The van der Waals surface area contributed by atoms with Crippen LogP contribution in [0.4, 0.5) is 10.1 Å². The van der Waals surface area contributed by atoms with Gasteiger partial charge < -0.3 is 14.9 Å². The highest BCUT2D eigenvalue weighted by Gasteiger charge is 2.36. The predicted octanol–water partition coefficient (Wildman–Crippen LogP) is 1.85. The maximum absolute atomic E-state index is 14.0. The molecule has 0 unspecified atom stereocenters. The van der Waals surface area contributed by atoms with Crippen LogP contribution in [0.1, 0.15) is 31.9 Å². The first-order chi connectivity index (χ1) is 9.31. The lowest BCUT2D eigenvalue weighted by Crippen LogP contribution is -2.42. The Bertz CT molecular complexity index is 478. The molecule has 0 aromatic carbocycles. The molecule has 4 nitrogen and oxygen atoms in total. The number of pyridine rings is 1. The van der Waals surface area contributed by atoms with Gasteiger partial charge in [0.15, 0.2) is 0 Å². The van der Waals surface area contributed by atoms with Crippen LogP contribution in [0.2, 0.25) is 0 Å². The van der Waals surface area contributed by atoms with E-state index < -0.39 is 5.60 Å². The number of aliphatic hydroxyl groups is 1. The quantitative estimate of drug-likeness (QED) is 0.914. The van der Waals surface area contributed by atoms with Gasteiger partial charge in [0.05, 0.1) is 23.2 Å². The standard InChI is InChI=1S/C15H24FN3O/c1-11(2)14-13(16)7-12(8-17-14)19-6-5-15(20,10-19)9-18(3)4/h7-8,11,20H,5-6,9-10H2,1-4H3/t15-/m1/s1. The number of anilines is 1. The summed E-state index contributed by atoms with van der Waals surface area (Å²) in [6, 6.07) is 1.53. The lowest BCUT2D eigenvalue weighted by Gasteiger charge is -2.27. The Balaban J connectivity index is 2.12. The third-order valence-corrected chi connectivity index (χ3v) is 3.71. The van der Waals surface area contributed by atoms with Gasteiger partial charge in [0.1, 0.15) is 5.82 Å². The molecule has 1 aliphatic rings. The van der Waals surface area contributed by atoms with E-state index in [0.717, 1.165) is 12.2 Å². The van der Waals surface area contributed by atoms with Crippen LogP contribution in [0.5, 0.6) is 0 Å². The minimum absolute atomic E-state index is 0.0771. The van der Waals surface area contributed by atoms with Gasteiger partial charge in [0, 0.05) is 25.7 Å². The molecule has 2 heterocycles. The van der Waals surface area contributed by atoms with Crippen LogP contribution >= 0.6 is 0 Å². The Hall–Kier alpha value is -1.20. The smallest absolute Gasteiger partial charge is 0.147 e. The summed E-state index contributed by atoms with van der Waals surface area (Å²) < 4.78 is 14.0. The van der Waals surface area contributed by atoms with Crippen LogP contribution in [0.15, 0.2) is 12.3 Å². The molecule has 1 aliphatic heterocycles. The second-order valence-electron chi connectivity index (χ2n) is 6.35. The van der Waals surface area contributed by atoms with Gasteiger partial charge in [-0.3, -0.25) is 4.98 Å². The van der Waals surface area contributed by atoms with Gasteiger partial charge >= 0.3 is 0 Å². The molecule has 1 aromatic rings. The van der Waals surface area contributed by atoms with E-state index >= 15 is 0 Å². The Labute approximate surface area is 120 Å². The molecule has 0 saturated carbocycles. The summed E-state index contributed by atoms with van der Waals surface area (Å²) >= 11 is 0. The Kier molecular flexibility index (Phi) is 4.30. The molecule has 0 radical (unpaired) electrons. The van der Waals surface area contributed by atoms with Crippen LogP contribution < -0.4 is 4.90 Å². The fourth-order valence-electron chi connectivity index (χ4n) is 2.83. The average molecular weight is 281 g/mol. The summed E-state index contributed by atoms with van der Waals surface area (Å²) in [7, 11) is 3.89. The second kappa shape index (κ2) is 5.66. The molecule has 0 bridgehead atoms. The lowest BCUT2D eigenvalue weighted by molar-refractivity contribution is 0.0366. The molecule has 1 saturated heterocycles. The summed E-state index contributed by atoms with van der Waals surface area (Å²) in [4.78, 5) is 8.20. The maximum atomic E-state index is 14.0. The van der Waals surface area contributed by atoms with Crippen molar-refractivity contribution in [3.05, 3.63) is 23.8 Å². The van der Waals surface area contributed by atoms with Crippen molar-refractivity contribution in [2.75, 3.05) is 38.6 Å². The lowest BCUT2D eigenvalue weighted by atomic mass is 10.0. The molecule has 112 valence electrons. The van der Waals surface area contributed by atoms with Crippen molar-refractivity contribution in [3.63, 3.8) is 0 Å². The van der Waals surface area contributed by atoms with Crippen LogP contribution in [0, 0.1) is 5.82 Å². The molecule has 1 N–H and O–H groups in total. The second-order valence-corrected chi connectivity index (χ2v) is 6.35. The molecule has 1 atom stereocenters. The number of hydrogen-bond donors (Lipinski definition) is 1. The molecule has 1 fully saturated rings. The zero-order chi connectivity index (χ0) is 14.9. The van der Waals surface area contributed by atoms with Crippen molar-refractivity contribution in [1.29, 1.82) is 0 Å². The van der Waals surface area contributed by atoms with E-state index in [1.807, 2.05) is 37.7 Å². The number of aromatic nitrogens is 1. The average Bonchev–Trinajstić information content (AvgIpc) is 2.69. The molecular formula is C15H24FN3O. The van der Waals surface area contributed by atoms with Crippen molar-refractivity contribution in [3.8, 4) is 0 Å². The van der Waals surface area contributed by atoms with E-state index in [9.17, 15) is 9.50 Å². The first kappa shape index (κ1) is 15.2. The number of β-amino-alcohol motifs (C(OH)–C–C–N with tert-alkyl or cyclic N) is 1. The molecule has 0 spiro atoms. The summed E-state index contributed by atoms with van der Waals surface area (Å²) in [5.74, 6) is -0.186. The number of nitrogens with zero attached hydrogens (tertiary/aromatic N) is 3. The Morgan fingerprint density at radius 3 is 2.75 bits per heavy atom. The van der Waals surface area contributed by atoms with Gasteiger partial charge in [-0.05, 0) is 26.4 Å². The van der Waals surface area contributed by atoms with E-state index in [0.29, 0.717) is 25.2 Å². The Morgan fingerprint density at radius 1 is 1.50 bits per heavy atom. The molecule has 20 heavy (non-hydrogen) atoms. The highest BCUT2D eigenvalue weighted by Crippen LogP contribution is 2.28. The van der Waals surface area contributed by atoms with Crippen LogP contribution in [-0.4, -0.2) is 54.3 Å². The topological polar surface area (TPSA) is 39.6 Å². The van der Waals surface area contributed by atoms with E-state index in [1.54, 1.807) is 6.20 Å². The van der Waals surface area contributed by atoms with Crippen molar-refractivity contribution in [2.45, 2.75) is 31.8 Å². The highest BCUT2D eigenvalue weighted by molar-refractivity contribution is 5.47. The number of hydrogen-bond acceptors (Lipinski definition) is 4. The molecule has 2 rings (SSSR count). The van der Waals surface area contributed by atoms with Crippen LogP contribution in [-0.2, 0) is 0 Å². The first-order valence-corrected chi connectivity index (χ1v) is 7.08. The third kappa shape index (κ3) is 3.27. The van der Waals surface area contributed by atoms with Crippen LogP contribution in [0.3, 0.4) is 0 Å². The largest absolute Gasteiger partial charge is 0.387 e. The summed E-state index contributed by atoms with van der Waals surface area (Å²) in [6.07, 6.45) is 2.40. The predicted molar refractivity (Wildman–Crippen MR) is 78.6 cm³/mol. The molecule has 0 amide bonds. The van der Waals surface area contributed by atoms with E-state index in [2.05, 4.69) is 4.98 Å². The van der Waals surface area contributed by atoms with E-state index in [1.165, 1.54) is 6.07 Å². The minimum Gasteiger partial charge on any atom is -0.387 e. The van der Waals surface area contributed by atoms with Crippen molar-refractivity contribution in [1.82, 2.24) is 9.88 Å². The van der Waals surface area contributed by atoms with Crippen molar-refractivity contribution < 1.29 is 9.50 Å². The maximum Gasteiger partial charge on any atom is 0.147 e. The van der Waals surface area contributed by atoms with Gasteiger partial charge in [0.25, 0.3) is 0 Å².